The molecule has 0 aliphatic heterocycles. The highest BCUT2D eigenvalue weighted by Gasteiger charge is 2.38. The zero-order valence-corrected chi connectivity index (χ0v) is 17.5. The van der Waals surface area contributed by atoms with Crippen LogP contribution in [0.15, 0.2) is 42.5 Å². The SMILES string of the molecule is CCCCCc1ccc(N(C(=O)O)S(=O)(=O)C(=O)c2ccc(C)cc2)c(OC)c1. The molecule has 156 valence electrons. The van der Waals surface area contributed by atoms with Crippen LogP contribution in [0.2, 0.25) is 0 Å². The van der Waals surface area contributed by atoms with Crippen molar-refractivity contribution in [3.63, 3.8) is 0 Å². The number of benzene rings is 2. The van der Waals surface area contributed by atoms with Gasteiger partial charge in [0, 0.05) is 5.56 Å². The van der Waals surface area contributed by atoms with E-state index in [2.05, 4.69) is 6.92 Å². The fourth-order valence-electron chi connectivity index (χ4n) is 2.88. The second kappa shape index (κ2) is 9.56. The maximum atomic E-state index is 12.9. The molecule has 2 aromatic rings. The Morgan fingerprint density at radius 1 is 1.07 bits per heavy atom. The average Bonchev–Trinajstić information content (AvgIpc) is 2.68. The Kier molecular flexibility index (Phi) is 7.39. The smallest absolute Gasteiger partial charge is 0.426 e. The van der Waals surface area contributed by atoms with Crippen LogP contribution in [0.25, 0.3) is 0 Å². The van der Waals surface area contributed by atoms with Crippen LogP contribution in [-0.4, -0.2) is 31.8 Å². The first-order valence-corrected chi connectivity index (χ1v) is 10.7. The number of carbonyl (C=O) groups excluding carboxylic acids is 1. The molecule has 0 spiro atoms. The van der Waals surface area contributed by atoms with Crippen molar-refractivity contribution in [3.8, 4) is 5.75 Å². The average molecular weight is 419 g/mol. The molecule has 0 radical (unpaired) electrons. The van der Waals surface area contributed by atoms with Gasteiger partial charge >= 0.3 is 16.1 Å². The van der Waals surface area contributed by atoms with Crippen molar-refractivity contribution in [1.29, 1.82) is 0 Å². The van der Waals surface area contributed by atoms with Crippen molar-refractivity contribution in [2.75, 3.05) is 11.4 Å². The minimum Gasteiger partial charge on any atom is -0.495 e. The molecule has 0 unspecified atom stereocenters. The van der Waals surface area contributed by atoms with E-state index in [1.807, 2.05) is 0 Å². The topological polar surface area (TPSA) is 101 Å². The number of ether oxygens (including phenoxy) is 1. The highest BCUT2D eigenvalue weighted by atomic mass is 32.2. The van der Waals surface area contributed by atoms with Crippen LogP contribution < -0.4 is 9.04 Å². The van der Waals surface area contributed by atoms with Crippen molar-refractivity contribution < 1.29 is 27.9 Å². The van der Waals surface area contributed by atoms with Crippen LogP contribution in [0.5, 0.6) is 5.75 Å². The van der Waals surface area contributed by atoms with Gasteiger partial charge in [-0.25, -0.2) is 4.79 Å². The number of rotatable bonds is 7. The zero-order valence-electron chi connectivity index (χ0n) is 16.7. The van der Waals surface area contributed by atoms with E-state index < -0.39 is 21.2 Å². The Labute approximate surface area is 171 Å². The predicted molar refractivity (Wildman–Crippen MR) is 111 cm³/mol. The van der Waals surface area contributed by atoms with Gasteiger partial charge in [-0.2, -0.15) is 12.7 Å². The first-order valence-electron chi connectivity index (χ1n) is 9.28. The van der Waals surface area contributed by atoms with Crippen LogP contribution in [0.3, 0.4) is 0 Å². The summed E-state index contributed by atoms with van der Waals surface area (Å²) >= 11 is 0. The predicted octanol–water partition coefficient (Wildman–Crippen LogP) is 4.39. The van der Waals surface area contributed by atoms with E-state index >= 15 is 0 Å². The van der Waals surface area contributed by atoms with Crippen LogP contribution in [0, 0.1) is 6.92 Å². The highest BCUT2D eigenvalue weighted by Crippen LogP contribution is 2.33. The molecular formula is C21H25NO6S. The minimum atomic E-state index is -4.87. The summed E-state index contributed by atoms with van der Waals surface area (Å²) in [4.78, 5) is 24.4. The van der Waals surface area contributed by atoms with E-state index in [0.29, 0.717) is 0 Å². The summed E-state index contributed by atoms with van der Waals surface area (Å²) in [5.41, 5.74) is 1.40. The number of sulfonamides is 1. The Balaban J connectivity index is 2.45. The number of unbranched alkanes of at least 4 members (excludes halogenated alkanes) is 2. The molecule has 0 fully saturated rings. The molecule has 0 aliphatic carbocycles. The number of carbonyl (C=O) groups is 2. The minimum absolute atomic E-state index is 0.0710. The van der Waals surface area contributed by atoms with E-state index in [4.69, 9.17) is 4.74 Å². The number of hydrogen-bond donors (Lipinski definition) is 1. The molecular weight excluding hydrogens is 394 g/mol. The summed E-state index contributed by atoms with van der Waals surface area (Å²) in [7, 11) is -3.55. The van der Waals surface area contributed by atoms with Gasteiger partial charge in [-0.3, -0.25) is 4.79 Å². The highest BCUT2D eigenvalue weighted by molar-refractivity contribution is 8.08. The quantitative estimate of drug-likeness (QED) is 0.668. The third kappa shape index (κ3) is 5.14. The van der Waals surface area contributed by atoms with Crippen LogP contribution in [-0.2, 0) is 16.4 Å². The van der Waals surface area contributed by atoms with Gasteiger partial charge in [-0.05, 0) is 49.6 Å². The fraction of sp³-hybridized carbons (Fsp3) is 0.333. The van der Waals surface area contributed by atoms with Crippen LogP contribution >= 0.6 is 0 Å². The molecule has 2 aromatic carbocycles. The Hall–Kier alpha value is -2.87. The molecule has 1 N–H and O–H groups in total. The van der Waals surface area contributed by atoms with Gasteiger partial charge in [0.25, 0.3) is 5.12 Å². The molecule has 0 aliphatic rings. The van der Waals surface area contributed by atoms with Gasteiger partial charge in [-0.15, -0.1) is 0 Å². The molecule has 0 bridgehead atoms. The summed E-state index contributed by atoms with van der Waals surface area (Å²) in [6.45, 7) is 3.88. The number of aryl methyl sites for hydroxylation is 2. The van der Waals surface area contributed by atoms with Crippen molar-refractivity contribution >= 4 is 26.9 Å². The van der Waals surface area contributed by atoms with Gasteiger partial charge in [0.1, 0.15) is 11.4 Å². The maximum Gasteiger partial charge on any atom is 0.426 e. The summed E-state index contributed by atoms with van der Waals surface area (Å²) in [6, 6.07) is 10.5. The zero-order chi connectivity index (χ0) is 21.6. The van der Waals surface area contributed by atoms with Crippen molar-refractivity contribution in [2.45, 2.75) is 39.5 Å². The van der Waals surface area contributed by atoms with E-state index in [1.165, 1.54) is 25.3 Å². The number of anilines is 1. The molecule has 2 rings (SSSR count). The van der Waals surface area contributed by atoms with E-state index in [0.717, 1.165) is 36.8 Å². The lowest BCUT2D eigenvalue weighted by Gasteiger charge is -2.21. The Bertz CT molecular complexity index is 983. The number of amides is 1. The Morgan fingerprint density at radius 2 is 1.72 bits per heavy atom. The summed E-state index contributed by atoms with van der Waals surface area (Å²) < 4.78 is 31.0. The van der Waals surface area contributed by atoms with Gasteiger partial charge < -0.3 is 9.84 Å². The van der Waals surface area contributed by atoms with Crippen molar-refractivity contribution in [2.24, 2.45) is 0 Å². The summed E-state index contributed by atoms with van der Waals surface area (Å²) in [5.74, 6) is 0.0710. The lowest BCUT2D eigenvalue weighted by Crippen LogP contribution is -2.40. The standard InChI is InChI=1S/C21H25NO6S/c1-4-5-6-7-16-10-13-18(19(14-16)28-3)22(21(24)25)29(26,27)20(23)17-11-8-15(2)9-12-17/h8-14H,4-7H2,1-3H3,(H,24,25). The number of hydrogen-bond acceptors (Lipinski definition) is 5. The van der Waals surface area contributed by atoms with Gasteiger partial charge in [0.05, 0.1) is 7.11 Å². The van der Waals surface area contributed by atoms with E-state index in [-0.39, 0.29) is 21.3 Å². The van der Waals surface area contributed by atoms with Crippen LogP contribution in [0.4, 0.5) is 10.5 Å². The second-order valence-electron chi connectivity index (χ2n) is 6.67. The van der Waals surface area contributed by atoms with Crippen LogP contribution in [0.1, 0.15) is 47.7 Å². The molecule has 0 aromatic heterocycles. The monoisotopic (exact) mass is 419 g/mol. The third-order valence-corrected chi connectivity index (χ3v) is 6.01. The lowest BCUT2D eigenvalue weighted by molar-refractivity contribution is 0.107. The van der Waals surface area contributed by atoms with Crippen molar-refractivity contribution in [1.82, 2.24) is 0 Å². The molecule has 0 saturated heterocycles. The number of carboxylic acid groups (broad SMARTS) is 1. The van der Waals surface area contributed by atoms with Gasteiger partial charge in [0.2, 0.25) is 0 Å². The number of methoxy groups -OCH3 is 1. The molecule has 0 heterocycles. The lowest BCUT2D eigenvalue weighted by atomic mass is 10.1. The molecule has 7 nitrogen and oxygen atoms in total. The first kappa shape index (κ1) is 22.4. The molecule has 8 heteroatoms. The third-order valence-electron chi connectivity index (χ3n) is 4.47. The number of nitrogens with zero attached hydrogens (tertiary/aromatic N) is 1. The fourth-order valence-corrected chi connectivity index (χ4v) is 4.10. The van der Waals surface area contributed by atoms with Crippen molar-refractivity contribution in [3.05, 3.63) is 59.2 Å². The van der Waals surface area contributed by atoms with E-state index in [9.17, 15) is 23.1 Å². The largest absolute Gasteiger partial charge is 0.495 e. The van der Waals surface area contributed by atoms with E-state index in [1.54, 1.807) is 31.2 Å². The van der Waals surface area contributed by atoms with Gasteiger partial charge in [0.15, 0.2) is 0 Å². The molecule has 1 amide bonds. The second-order valence-corrected chi connectivity index (χ2v) is 8.35. The molecule has 0 saturated carbocycles. The summed E-state index contributed by atoms with van der Waals surface area (Å²) in [6.07, 6.45) is 2.02. The molecule has 29 heavy (non-hydrogen) atoms. The summed E-state index contributed by atoms with van der Waals surface area (Å²) in [5, 5.41) is 8.31. The first-order chi connectivity index (χ1) is 13.7. The maximum absolute atomic E-state index is 12.9. The van der Waals surface area contributed by atoms with Gasteiger partial charge in [-0.1, -0.05) is 43.5 Å². The Morgan fingerprint density at radius 3 is 2.28 bits per heavy atom. The normalized spacial score (nSPS) is 11.1. The molecule has 0 atom stereocenters.